The Morgan fingerprint density at radius 1 is 1.15 bits per heavy atom. The number of rotatable bonds is 6. The lowest BCUT2D eigenvalue weighted by molar-refractivity contribution is -0.384. The van der Waals surface area contributed by atoms with Crippen molar-refractivity contribution >= 4 is 38.9 Å². The van der Waals surface area contributed by atoms with Gasteiger partial charge in [-0.1, -0.05) is 17.7 Å². The van der Waals surface area contributed by atoms with Gasteiger partial charge in [0.25, 0.3) is 11.6 Å². The summed E-state index contributed by atoms with van der Waals surface area (Å²) < 4.78 is 33.7. The zero-order valence-corrected chi connectivity index (χ0v) is 18.6. The molecule has 0 radical (unpaired) electrons. The number of ether oxygens (including phenoxy) is 1. The van der Waals surface area contributed by atoms with Gasteiger partial charge in [0, 0.05) is 37.1 Å². The smallest absolute Gasteiger partial charge is 0.276 e. The molecule has 1 aliphatic rings. The van der Waals surface area contributed by atoms with Crippen molar-refractivity contribution in [1.82, 2.24) is 14.1 Å². The molecule has 2 aromatic carbocycles. The van der Waals surface area contributed by atoms with E-state index < -0.39 is 20.9 Å². The lowest BCUT2D eigenvalue weighted by Crippen LogP contribution is -2.40. The highest BCUT2D eigenvalue weighted by atomic mass is 35.5. The van der Waals surface area contributed by atoms with Gasteiger partial charge in [-0.25, -0.2) is 13.1 Å². The van der Waals surface area contributed by atoms with Crippen LogP contribution in [0.1, 0.15) is 10.5 Å². The number of carbonyl (C=O) groups excluding carboxylic acids is 1. The van der Waals surface area contributed by atoms with Gasteiger partial charge in [-0.2, -0.15) is 9.40 Å². The number of nitrogens with one attached hydrogen (secondary N) is 1. The molecule has 0 spiro atoms. The van der Waals surface area contributed by atoms with Crippen LogP contribution in [0.15, 0.2) is 59.6 Å². The Labute approximate surface area is 193 Å². The molecule has 13 heteroatoms. The fraction of sp³-hybridized carbons (Fsp3) is 0.200. The van der Waals surface area contributed by atoms with Gasteiger partial charge in [0.15, 0.2) is 5.69 Å². The summed E-state index contributed by atoms with van der Waals surface area (Å²) in [6, 6.07) is 11.4. The third-order valence-corrected chi connectivity index (χ3v) is 7.28. The van der Waals surface area contributed by atoms with Crippen LogP contribution in [0.2, 0.25) is 5.02 Å². The SMILES string of the molecule is O=C(Nc1ccc(Cl)c(S(=O)(=O)N2CCOCC2)c1)c1ccn(-c2cccc([N+](=O)[O-])c2)n1. The fourth-order valence-corrected chi connectivity index (χ4v) is 5.15. The van der Waals surface area contributed by atoms with E-state index in [-0.39, 0.29) is 40.1 Å². The number of anilines is 1. The Morgan fingerprint density at radius 3 is 2.64 bits per heavy atom. The van der Waals surface area contributed by atoms with E-state index in [0.29, 0.717) is 18.9 Å². The summed E-state index contributed by atoms with van der Waals surface area (Å²) >= 11 is 6.15. The maximum absolute atomic E-state index is 13.0. The van der Waals surface area contributed by atoms with Crippen LogP contribution in [-0.4, -0.2) is 59.6 Å². The van der Waals surface area contributed by atoms with Gasteiger partial charge in [0.1, 0.15) is 4.90 Å². The number of hydrogen-bond donors (Lipinski definition) is 1. The van der Waals surface area contributed by atoms with Gasteiger partial charge in [0.05, 0.1) is 28.8 Å². The van der Waals surface area contributed by atoms with E-state index in [9.17, 15) is 23.3 Å². The van der Waals surface area contributed by atoms with Crippen molar-refractivity contribution in [2.45, 2.75) is 4.90 Å². The lowest BCUT2D eigenvalue weighted by atomic mass is 10.3. The molecule has 1 aromatic heterocycles. The van der Waals surface area contributed by atoms with Crippen LogP contribution in [0.4, 0.5) is 11.4 Å². The first kappa shape index (κ1) is 22.9. The molecule has 33 heavy (non-hydrogen) atoms. The summed E-state index contributed by atoms with van der Waals surface area (Å²) in [6.07, 6.45) is 1.49. The topological polar surface area (TPSA) is 137 Å². The number of nitrogens with zero attached hydrogens (tertiary/aromatic N) is 4. The molecule has 0 atom stereocenters. The zero-order valence-electron chi connectivity index (χ0n) is 17.0. The highest BCUT2D eigenvalue weighted by molar-refractivity contribution is 7.89. The second kappa shape index (κ2) is 9.27. The fourth-order valence-electron chi connectivity index (χ4n) is 3.24. The van der Waals surface area contributed by atoms with Gasteiger partial charge in [-0.05, 0) is 30.3 Å². The molecule has 0 aliphatic carbocycles. The Kier molecular flexibility index (Phi) is 6.42. The van der Waals surface area contributed by atoms with Crippen molar-refractivity contribution in [1.29, 1.82) is 0 Å². The second-order valence-electron chi connectivity index (χ2n) is 7.04. The Morgan fingerprint density at radius 2 is 1.91 bits per heavy atom. The summed E-state index contributed by atoms with van der Waals surface area (Å²) in [5, 5.41) is 17.8. The number of sulfonamides is 1. The summed E-state index contributed by atoms with van der Waals surface area (Å²) in [5.41, 5.74) is 0.563. The lowest BCUT2D eigenvalue weighted by Gasteiger charge is -2.26. The summed E-state index contributed by atoms with van der Waals surface area (Å²) in [7, 11) is -3.86. The molecule has 1 fully saturated rings. The van der Waals surface area contributed by atoms with Crippen molar-refractivity contribution < 1.29 is 22.9 Å². The maximum atomic E-state index is 13.0. The molecule has 0 unspecified atom stereocenters. The van der Waals surface area contributed by atoms with E-state index in [1.54, 1.807) is 6.07 Å². The molecule has 3 aromatic rings. The summed E-state index contributed by atoms with van der Waals surface area (Å²) in [4.78, 5) is 23.0. The number of nitro benzene ring substituents is 1. The van der Waals surface area contributed by atoms with Gasteiger partial charge in [-0.15, -0.1) is 0 Å². The predicted molar refractivity (Wildman–Crippen MR) is 119 cm³/mol. The normalized spacial score (nSPS) is 14.7. The highest BCUT2D eigenvalue weighted by Gasteiger charge is 2.28. The largest absolute Gasteiger partial charge is 0.379 e. The number of hydrogen-bond acceptors (Lipinski definition) is 7. The summed E-state index contributed by atoms with van der Waals surface area (Å²) in [6.45, 7) is 1.01. The van der Waals surface area contributed by atoms with E-state index in [4.69, 9.17) is 16.3 Å². The molecular formula is C20H18ClN5O6S. The minimum absolute atomic E-state index is 0.0362. The first-order valence-corrected chi connectivity index (χ1v) is 11.6. The van der Waals surface area contributed by atoms with E-state index in [1.807, 2.05) is 0 Å². The number of amides is 1. The van der Waals surface area contributed by atoms with Crippen LogP contribution in [0, 0.1) is 10.1 Å². The molecule has 1 amide bonds. The maximum Gasteiger partial charge on any atom is 0.276 e. The van der Waals surface area contributed by atoms with Crippen LogP contribution in [0.3, 0.4) is 0 Å². The average Bonchev–Trinajstić information content (AvgIpc) is 3.31. The zero-order chi connectivity index (χ0) is 23.6. The number of carbonyl (C=O) groups is 1. The molecule has 1 aliphatic heterocycles. The minimum atomic E-state index is -3.86. The number of nitro groups is 1. The van der Waals surface area contributed by atoms with Crippen LogP contribution >= 0.6 is 11.6 Å². The molecule has 2 heterocycles. The molecule has 4 rings (SSSR count). The quantitative estimate of drug-likeness (QED) is 0.413. The molecule has 172 valence electrons. The van der Waals surface area contributed by atoms with Crippen LogP contribution in [0.25, 0.3) is 5.69 Å². The van der Waals surface area contributed by atoms with Crippen molar-refractivity contribution in [3.8, 4) is 5.69 Å². The predicted octanol–water partition coefficient (Wildman–Crippen LogP) is 2.71. The molecule has 1 N–H and O–H groups in total. The van der Waals surface area contributed by atoms with Crippen LogP contribution in [0.5, 0.6) is 0 Å². The molecule has 0 saturated carbocycles. The number of aromatic nitrogens is 2. The van der Waals surface area contributed by atoms with E-state index in [0.717, 1.165) is 0 Å². The van der Waals surface area contributed by atoms with E-state index in [2.05, 4.69) is 10.4 Å². The minimum Gasteiger partial charge on any atom is -0.379 e. The number of halogens is 1. The summed E-state index contributed by atoms with van der Waals surface area (Å²) in [5.74, 6) is -0.587. The Hall–Kier alpha value is -3.32. The average molecular weight is 492 g/mol. The van der Waals surface area contributed by atoms with Crippen molar-refractivity contribution in [3.63, 3.8) is 0 Å². The number of non-ortho nitro benzene ring substituents is 1. The van der Waals surface area contributed by atoms with E-state index >= 15 is 0 Å². The van der Waals surface area contributed by atoms with Crippen molar-refractivity contribution in [2.24, 2.45) is 0 Å². The molecule has 1 saturated heterocycles. The van der Waals surface area contributed by atoms with E-state index in [1.165, 1.54) is 57.6 Å². The third kappa shape index (κ3) is 4.88. The standard InChI is InChI=1S/C20H18ClN5O6S/c21-17-5-4-14(12-19(17)33(30,31)24-8-10-32-11-9-24)22-20(27)18-6-7-25(23-18)15-2-1-3-16(13-15)26(28)29/h1-7,12-13H,8-11H2,(H,22,27). The highest BCUT2D eigenvalue weighted by Crippen LogP contribution is 2.28. The first-order valence-electron chi connectivity index (χ1n) is 9.75. The molecule has 0 bridgehead atoms. The third-order valence-electron chi connectivity index (χ3n) is 4.90. The van der Waals surface area contributed by atoms with Gasteiger partial charge in [-0.3, -0.25) is 14.9 Å². The van der Waals surface area contributed by atoms with Gasteiger partial charge >= 0.3 is 0 Å². The number of morpholine rings is 1. The second-order valence-corrected chi connectivity index (χ2v) is 9.35. The monoisotopic (exact) mass is 491 g/mol. The number of benzene rings is 2. The van der Waals surface area contributed by atoms with Crippen molar-refractivity contribution in [3.05, 3.63) is 75.6 Å². The Bertz CT molecular complexity index is 1320. The van der Waals surface area contributed by atoms with Gasteiger partial charge in [0.2, 0.25) is 10.0 Å². The Balaban J connectivity index is 1.54. The van der Waals surface area contributed by atoms with Gasteiger partial charge < -0.3 is 10.1 Å². The van der Waals surface area contributed by atoms with Crippen LogP contribution < -0.4 is 5.32 Å². The van der Waals surface area contributed by atoms with Crippen LogP contribution in [-0.2, 0) is 14.8 Å². The molecular weight excluding hydrogens is 474 g/mol. The van der Waals surface area contributed by atoms with Crippen molar-refractivity contribution in [2.75, 3.05) is 31.6 Å². The molecule has 11 nitrogen and oxygen atoms in total. The first-order chi connectivity index (χ1) is 15.8.